The summed E-state index contributed by atoms with van der Waals surface area (Å²) in [5.41, 5.74) is 4.93. The molecule has 3 aromatic rings. The molecule has 2 aromatic carbocycles. The summed E-state index contributed by atoms with van der Waals surface area (Å²) in [4.78, 5) is 4.83. The van der Waals surface area contributed by atoms with Crippen molar-refractivity contribution >= 4 is 22.7 Å². The number of pyridine rings is 1. The summed E-state index contributed by atoms with van der Waals surface area (Å²) in [6, 6.07) is 16.5. The van der Waals surface area contributed by atoms with Crippen molar-refractivity contribution in [3.8, 4) is 5.75 Å². The van der Waals surface area contributed by atoms with Gasteiger partial charge in [0.15, 0.2) is 0 Å². The van der Waals surface area contributed by atoms with Gasteiger partial charge in [0.05, 0.1) is 17.1 Å². The molecule has 23 heavy (non-hydrogen) atoms. The molecule has 0 aliphatic carbocycles. The number of hydrogen-bond donors (Lipinski definition) is 0. The maximum Gasteiger partial charge on any atom is 0.119 e. The van der Waals surface area contributed by atoms with Gasteiger partial charge in [-0.3, -0.25) is 0 Å². The Morgan fingerprint density at radius 3 is 2.52 bits per heavy atom. The third kappa shape index (κ3) is 3.85. The van der Waals surface area contributed by atoms with E-state index in [2.05, 4.69) is 39.0 Å². The van der Waals surface area contributed by atoms with Gasteiger partial charge in [-0.05, 0) is 56.2 Å². The maximum atomic E-state index is 5.74. The van der Waals surface area contributed by atoms with E-state index in [1.807, 2.05) is 30.3 Å². The predicted octanol–water partition coefficient (Wildman–Crippen LogP) is 5.33. The molecule has 1 aromatic heterocycles. The molecule has 3 rings (SSSR count). The number of aromatic nitrogens is 1. The minimum atomic E-state index is 0.681. The highest BCUT2D eigenvalue weighted by atomic mass is 32.2. The second-order valence-electron chi connectivity index (χ2n) is 5.77. The number of hydrogen-bond acceptors (Lipinski definition) is 3. The van der Waals surface area contributed by atoms with E-state index >= 15 is 0 Å². The van der Waals surface area contributed by atoms with Gasteiger partial charge in [0, 0.05) is 11.1 Å². The van der Waals surface area contributed by atoms with Crippen molar-refractivity contribution in [1.82, 2.24) is 4.98 Å². The fourth-order valence-electron chi connectivity index (χ4n) is 2.71. The lowest BCUT2D eigenvalue weighted by molar-refractivity contribution is 0.344. The van der Waals surface area contributed by atoms with Gasteiger partial charge < -0.3 is 4.74 Å². The van der Waals surface area contributed by atoms with Gasteiger partial charge in [-0.15, -0.1) is 11.8 Å². The van der Waals surface area contributed by atoms with Crippen molar-refractivity contribution in [2.24, 2.45) is 0 Å². The largest absolute Gasteiger partial charge is 0.493 e. The van der Waals surface area contributed by atoms with Crippen LogP contribution in [0.4, 0.5) is 0 Å². The molecular formula is C20H21NOS. The van der Waals surface area contributed by atoms with Gasteiger partial charge in [-0.2, -0.15) is 0 Å². The number of nitrogens with zero attached hydrogens (tertiary/aromatic N) is 1. The third-order valence-corrected chi connectivity index (χ3v) is 4.65. The first-order valence-corrected chi connectivity index (χ1v) is 8.81. The summed E-state index contributed by atoms with van der Waals surface area (Å²) in [6.07, 6.45) is 0. The summed E-state index contributed by atoms with van der Waals surface area (Å²) in [5, 5.41) is 2.33. The highest BCUT2D eigenvalue weighted by Crippen LogP contribution is 2.26. The number of rotatable bonds is 5. The van der Waals surface area contributed by atoms with E-state index < -0.39 is 0 Å². The Morgan fingerprint density at radius 1 is 0.957 bits per heavy atom. The van der Waals surface area contributed by atoms with E-state index in [4.69, 9.17) is 9.72 Å². The zero-order valence-electron chi connectivity index (χ0n) is 13.8. The highest BCUT2D eigenvalue weighted by Gasteiger charge is 2.07. The van der Waals surface area contributed by atoms with Crippen LogP contribution < -0.4 is 4.74 Å². The average molecular weight is 323 g/mol. The van der Waals surface area contributed by atoms with E-state index in [1.54, 1.807) is 11.8 Å². The van der Waals surface area contributed by atoms with Crippen LogP contribution in [0.2, 0.25) is 0 Å². The molecule has 0 saturated heterocycles. The molecule has 0 unspecified atom stereocenters. The minimum Gasteiger partial charge on any atom is -0.493 e. The van der Waals surface area contributed by atoms with Crippen LogP contribution in [-0.4, -0.2) is 17.3 Å². The lowest BCUT2D eigenvalue weighted by atomic mass is 10.0. The quantitative estimate of drug-likeness (QED) is 0.468. The molecule has 0 radical (unpaired) electrons. The van der Waals surface area contributed by atoms with Gasteiger partial charge >= 0.3 is 0 Å². The molecule has 2 nitrogen and oxygen atoms in total. The van der Waals surface area contributed by atoms with Gasteiger partial charge in [0.1, 0.15) is 5.75 Å². The number of aryl methyl sites for hydroxylation is 3. The summed E-state index contributed by atoms with van der Waals surface area (Å²) < 4.78 is 5.74. The fraction of sp³-hybridized carbons (Fsp3) is 0.250. The van der Waals surface area contributed by atoms with Crippen molar-refractivity contribution < 1.29 is 4.74 Å². The number of ether oxygens (including phenoxy) is 1. The first-order valence-electron chi connectivity index (χ1n) is 7.83. The Labute approximate surface area is 141 Å². The van der Waals surface area contributed by atoms with Crippen molar-refractivity contribution in [3.05, 3.63) is 65.2 Å². The number of fused-ring (bicyclic) bond motifs is 1. The molecule has 0 N–H and O–H groups in total. The molecule has 0 spiro atoms. The molecule has 1 heterocycles. The Balaban J connectivity index is 1.69. The van der Waals surface area contributed by atoms with Crippen LogP contribution in [-0.2, 0) is 0 Å². The van der Waals surface area contributed by atoms with E-state index in [0.29, 0.717) is 6.61 Å². The first kappa shape index (κ1) is 15.9. The number of benzene rings is 2. The normalized spacial score (nSPS) is 10.9. The fourth-order valence-corrected chi connectivity index (χ4v) is 3.50. The number of para-hydroxylation sites is 1. The smallest absolute Gasteiger partial charge is 0.119 e. The van der Waals surface area contributed by atoms with E-state index in [1.165, 1.54) is 22.1 Å². The number of thioether (sulfide) groups is 1. The Bertz CT molecular complexity index is 815. The molecule has 3 heteroatoms. The summed E-state index contributed by atoms with van der Waals surface area (Å²) in [5.74, 6) is 1.81. The summed E-state index contributed by atoms with van der Waals surface area (Å²) in [7, 11) is 0. The van der Waals surface area contributed by atoms with Crippen LogP contribution in [0.3, 0.4) is 0 Å². The zero-order valence-corrected chi connectivity index (χ0v) is 14.6. The van der Waals surface area contributed by atoms with Crippen molar-refractivity contribution in [2.75, 3.05) is 12.4 Å². The standard InChI is InChI=1S/C20H21NOS/c1-14-11-16(3)20-18(12-14)15(2)13-19(21-20)23-10-9-22-17-7-5-4-6-8-17/h4-8,11-13H,9-10H2,1-3H3. The van der Waals surface area contributed by atoms with Crippen LogP contribution in [0.25, 0.3) is 10.9 Å². The van der Waals surface area contributed by atoms with E-state index in [-0.39, 0.29) is 0 Å². The van der Waals surface area contributed by atoms with E-state index in [9.17, 15) is 0 Å². The maximum absolute atomic E-state index is 5.74. The predicted molar refractivity (Wildman–Crippen MR) is 98.6 cm³/mol. The Hall–Kier alpha value is -2.00. The van der Waals surface area contributed by atoms with Crippen LogP contribution in [0, 0.1) is 20.8 Å². The average Bonchev–Trinajstić information content (AvgIpc) is 2.54. The van der Waals surface area contributed by atoms with Crippen LogP contribution in [0.5, 0.6) is 5.75 Å². The van der Waals surface area contributed by atoms with Crippen molar-refractivity contribution in [2.45, 2.75) is 25.8 Å². The molecular weight excluding hydrogens is 302 g/mol. The van der Waals surface area contributed by atoms with Crippen LogP contribution in [0.15, 0.2) is 53.6 Å². The molecule has 0 amide bonds. The molecule has 0 aliphatic heterocycles. The second-order valence-corrected chi connectivity index (χ2v) is 6.88. The molecule has 0 bridgehead atoms. The monoisotopic (exact) mass is 323 g/mol. The second kappa shape index (κ2) is 7.05. The summed E-state index contributed by atoms with van der Waals surface area (Å²) in [6.45, 7) is 7.11. The summed E-state index contributed by atoms with van der Waals surface area (Å²) >= 11 is 1.75. The molecule has 0 atom stereocenters. The van der Waals surface area contributed by atoms with E-state index in [0.717, 1.165) is 22.0 Å². The van der Waals surface area contributed by atoms with Gasteiger partial charge in [0.25, 0.3) is 0 Å². The van der Waals surface area contributed by atoms with Gasteiger partial charge in [-0.25, -0.2) is 4.98 Å². The molecule has 0 fully saturated rings. The van der Waals surface area contributed by atoms with Gasteiger partial charge in [-0.1, -0.05) is 29.8 Å². The Kier molecular flexibility index (Phi) is 4.87. The lowest BCUT2D eigenvalue weighted by Crippen LogP contribution is -2.00. The van der Waals surface area contributed by atoms with Crippen LogP contribution >= 0.6 is 11.8 Å². The lowest BCUT2D eigenvalue weighted by Gasteiger charge is -2.10. The minimum absolute atomic E-state index is 0.681. The first-order chi connectivity index (χ1) is 11.1. The molecule has 118 valence electrons. The topological polar surface area (TPSA) is 22.1 Å². The Morgan fingerprint density at radius 2 is 1.74 bits per heavy atom. The van der Waals surface area contributed by atoms with Crippen molar-refractivity contribution in [3.63, 3.8) is 0 Å². The van der Waals surface area contributed by atoms with Crippen LogP contribution in [0.1, 0.15) is 16.7 Å². The van der Waals surface area contributed by atoms with Gasteiger partial charge in [0.2, 0.25) is 0 Å². The third-order valence-electron chi connectivity index (χ3n) is 3.78. The molecule has 0 aliphatic rings. The zero-order chi connectivity index (χ0) is 16.2. The van der Waals surface area contributed by atoms with Crippen molar-refractivity contribution in [1.29, 1.82) is 0 Å². The highest BCUT2D eigenvalue weighted by molar-refractivity contribution is 7.99. The molecule has 0 saturated carbocycles. The SMILES string of the molecule is Cc1cc(C)c2nc(SCCOc3ccccc3)cc(C)c2c1.